The minimum atomic E-state index is 0.303. The standard InChI is InChI=1S/C16H27N5/c1-17-15-12-7-4-5-8-13(12)18-16(19-15)14-11-20(2)9-6-10-21(14)3/h14H,4-11H2,1-3H3,(H,17,18,19). The van der Waals surface area contributed by atoms with Crippen LogP contribution < -0.4 is 5.32 Å². The maximum absolute atomic E-state index is 4.95. The van der Waals surface area contributed by atoms with Gasteiger partial charge in [0.1, 0.15) is 11.6 Å². The first kappa shape index (κ1) is 14.7. The van der Waals surface area contributed by atoms with Crippen molar-refractivity contribution in [1.82, 2.24) is 19.8 Å². The van der Waals surface area contributed by atoms with Gasteiger partial charge in [0.25, 0.3) is 0 Å². The van der Waals surface area contributed by atoms with Crippen LogP contribution in [-0.2, 0) is 12.8 Å². The Kier molecular flexibility index (Phi) is 4.40. The summed E-state index contributed by atoms with van der Waals surface area (Å²) in [6, 6.07) is 0.303. The molecule has 1 aromatic rings. The van der Waals surface area contributed by atoms with Gasteiger partial charge in [-0.05, 0) is 59.3 Å². The number of hydrogen-bond acceptors (Lipinski definition) is 5. The molecule has 1 saturated heterocycles. The average molecular weight is 289 g/mol. The highest BCUT2D eigenvalue weighted by Crippen LogP contribution is 2.28. The minimum absolute atomic E-state index is 0.303. The van der Waals surface area contributed by atoms with E-state index in [0.717, 1.165) is 44.1 Å². The number of hydrogen-bond donors (Lipinski definition) is 1. The molecule has 0 bridgehead atoms. The molecule has 1 aliphatic carbocycles. The molecular weight excluding hydrogens is 262 g/mol. The highest BCUT2D eigenvalue weighted by atomic mass is 15.2. The van der Waals surface area contributed by atoms with Crippen LogP contribution in [0.1, 0.15) is 42.4 Å². The van der Waals surface area contributed by atoms with Gasteiger partial charge < -0.3 is 10.2 Å². The number of nitrogens with zero attached hydrogens (tertiary/aromatic N) is 4. The second kappa shape index (κ2) is 6.28. The summed E-state index contributed by atoms with van der Waals surface area (Å²) in [7, 11) is 6.37. The summed E-state index contributed by atoms with van der Waals surface area (Å²) in [5.74, 6) is 2.05. The Labute approximate surface area is 127 Å². The minimum Gasteiger partial charge on any atom is -0.373 e. The lowest BCUT2D eigenvalue weighted by atomic mass is 9.96. The van der Waals surface area contributed by atoms with Gasteiger partial charge in [-0.1, -0.05) is 0 Å². The number of nitrogens with one attached hydrogen (secondary N) is 1. The fourth-order valence-corrected chi connectivity index (χ4v) is 3.52. The van der Waals surface area contributed by atoms with Crippen molar-refractivity contribution < 1.29 is 0 Å². The van der Waals surface area contributed by atoms with Gasteiger partial charge in [-0.15, -0.1) is 0 Å². The predicted octanol–water partition coefficient (Wildman–Crippen LogP) is 1.71. The molecule has 0 saturated carbocycles. The lowest BCUT2D eigenvalue weighted by Crippen LogP contribution is -2.32. The third-order valence-electron chi connectivity index (χ3n) is 4.80. The summed E-state index contributed by atoms with van der Waals surface area (Å²) in [5, 5.41) is 3.29. The Hall–Kier alpha value is -1.20. The average Bonchev–Trinajstić information content (AvgIpc) is 2.67. The monoisotopic (exact) mass is 289 g/mol. The van der Waals surface area contributed by atoms with Crippen molar-refractivity contribution in [1.29, 1.82) is 0 Å². The summed E-state index contributed by atoms with van der Waals surface area (Å²) in [5.41, 5.74) is 2.62. The zero-order chi connectivity index (χ0) is 14.8. The molecule has 1 N–H and O–H groups in total. The van der Waals surface area contributed by atoms with E-state index in [0.29, 0.717) is 6.04 Å². The number of aromatic nitrogens is 2. The largest absolute Gasteiger partial charge is 0.373 e. The van der Waals surface area contributed by atoms with Crippen LogP contribution in [0.5, 0.6) is 0 Å². The Morgan fingerprint density at radius 3 is 2.67 bits per heavy atom. The maximum Gasteiger partial charge on any atom is 0.149 e. The topological polar surface area (TPSA) is 44.3 Å². The van der Waals surface area contributed by atoms with Gasteiger partial charge in [0.15, 0.2) is 0 Å². The van der Waals surface area contributed by atoms with Crippen LogP contribution in [0.4, 0.5) is 5.82 Å². The van der Waals surface area contributed by atoms with Crippen LogP contribution in [-0.4, -0.2) is 60.5 Å². The first-order valence-electron chi connectivity index (χ1n) is 8.15. The molecule has 5 nitrogen and oxygen atoms in total. The number of anilines is 1. The normalized spacial score (nSPS) is 24.4. The first-order chi connectivity index (χ1) is 10.2. The molecular formula is C16H27N5. The van der Waals surface area contributed by atoms with Gasteiger partial charge in [0.05, 0.1) is 6.04 Å². The van der Waals surface area contributed by atoms with E-state index < -0.39 is 0 Å². The van der Waals surface area contributed by atoms with Crippen molar-refractivity contribution >= 4 is 5.82 Å². The summed E-state index contributed by atoms with van der Waals surface area (Å²) in [4.78, 5) is 14.6. The Bertz CT molecular complexity index is 484. The van der Waals surface area contributed by atoms with Crippen LogP contribution in [0.25, 0.3) is 0 Å². The van der Waals surface area contributed by atoms with Gasteiger partial charge in [-0.25, -0.2) is 9.97 Å². The summed E-state index contributed by atoms with van der Waals surface area (Å²) >= 11 is 0. The number of likely N-dealkylation sites (N-methyl/N-ethyl adjacent to an activating group) is 2. The van der Waals surface area contributed by atoms with E-state index in [2.05, 4.69) is 29.2 Å². The van der Waals surface area contributed by atoms with Crippen molar-refractivity contribution in [3.05, 3.63) is 17.1 Å². The Morgan fingerprint density at radius 2 is 1.86 bits per heavy atom. The highest BCUT2D eigenvalue weighted by Gasteiger charge is 2.27. The molecule has 1 atom stereocenters. The highest BCUT2D eigenvalue weighted by molar-refractivity contribution is 5.47. The van der Waals surface area contributed by atoms with Crippen molar-refractivity contribution in [3.63, 3.8) is 0 Å². The molecule has 3 rings (SSSR count). The third-order valence-corrected chi connectivity index (χ3v) is 4.80. The fraction of sp³-hybridized carbons (Fsp3) is 0.750. The van der Waals surface area contributed by atoms with Gasteiger partial charge in [0, 0.05) is 24.8 Å². The lowest BCUT2D eigenvalue weighted by molar-refractivity contribution is 0.219. The number of aryl methyl sites for hydroxylation is 1. The fourth-order valence-electron chi connectivity index (χ4n) is 3.52. The molecule has 1 aliphatic heterocycles. The molecule has 1 aromatic heterocycles. The summed E-state index contributed by atoms with van der Waals surface area (Å²) < 4.78 is 0. The molecule has 1 unspecified atom stereocenters. The van der Waals surface area contributed by atoms with Gasteiger partial charge >= 0.3 is 0 Å². The first-order valence-corrected chi connectivity index (χ1v) is 8.15. The molecule has 5 heteroatoms. The number of rotatable bonds is 2. The van der Waals surface area contributed by atoms with Gasteiger partial charge in [-0.3, -0.25) is 4.90 Å². The number of fused-ring (bicyclic) bond motifs is 1. The van der Waals surface area contributed by atoms with E-state index in [1.807, 2.05) is 7.05 Å². The molecule has 1 fully saturated rings. The zero-order valence-corrected chi connectivity index (χ0v) is 13.5. The van der Waals surface area contributed by atoms with Gasteiger partial charge in [0.2, 0.25) is 0 Å². The molecule has 0 spiro atoms. The van der Waals surface area contributed by atoms with E-state index in [9.17, 15) is 0 Å². The van der Waals surface area contributed by atoms with Crippen molar-refractivity contribution in [3.8, 4) is 0 Å². The summed E-state index contributed by atoms with van der Waals surface area (Å²) in [6.45, 7) is 3.29. The molecule has 2 aliphatic rings. The molecule has 21 heavy (non-hydrogen) atoms. The quantitative estimate of drug-likeness (QED) is 0.898. The zero-order valence-electron chi connectivity index (χ0n) is 13.5. The van der Waals surface area contributed by atoms with Crippen LogP contribution in [0.2, 0.25) is 0 Å². The van der Waals surface area contributed by atoms with Crippen LogP contribution in [0.3, 0.4) is 0 Å². The SMILES string of the molecule is CNc1nc(C2CN(C)CCCN2C)nc2c1CCCC2. The molecule has 2 heterocycles. The molecule has 116 valence electrons. The smallest absolute Gasteiger partial charge is 0.149 e. The van der Waals surface area contributed by atoms with Crippen molar-refractivity contribution in [2.75, 3.05) is 46.1 Å². The van der Waals surface area contributed by atoms with Gasteiger partial charge in [-0.2, -0.15) is 0 Å². The molecule has 0 aromatic carbocycles. The molecule has 0 radical (unpaired) electrons. The lowest BCUT2D eigenvalue weighted by Gasteiger charge is -2.28. The second-order valence-electron chi connectivity index (χ2n) is 6.42. The van der Waals surface area contributed by atoms with Crippen LogP contribution >= 0.6 is 0 Å². The van der Waals surface area contributed by atoms with Crippen LogP contribution in [0.15, 0.2) is 0 Å². The second-order valence-corrected chi connectivity index (χ2v) is 6.42. The van der Waals surface area contributed by atoms with E-state index in [-0.39, 0.29) is 0 Å². The Morgan fingerprint density at radius 1 is 1.05 bits per heavy atom. The van der Waals surface area contributed by atoms with Crippen molar-refractivity contribution in [2.45, 2.75) is 38.1 Å². The summed E-state index contributed by atoms with van der Waals surface area (Å²) in [6.07, 6.45) is 5.95. The van der Waals surface area contributed by atoms with Crippen molar-refractivity contribution in [2.24, 2.45) is 0 Å². The maximum atomic E-state index is 4.95. The van der Waals surface area contributed by atoms with Crippen LogP contribution in [0, 0.1) is 0 Å². The van der Waals surface area contributed by atoms with E-state index in [1.165, 1.54) is 30.5 Å². The third kappa shape index (κ3) is 3.04. The van der Waals surface area contributed by atoms with E-state index >= 15 is 0 Å². The predicted molar refractivity (Wildman–Crippen MR) is 85.7 cm³/mol. The van der Waals surface area contributed by atoms with E-state index in [1.54, 1.807) is 0 Å². The van der Waals surface area contributed by atoms with E-state index in [4.69, 9.17) is 9.97 Å². The molecule has 0 amide bonds. The Balaban J connectivity index is 1.97.